The van der Waals surface area contributed by atoms with Crippen molar-refractivity contribution in [1.82, 2.24) is 0 Å². The Kier molecular flexibility index (Phi) is 8.52. The molecule has 1 N–H and O–H groups in total. The van der Waals surface area contributed by atoms with Gasteiger partial charge in [-0.1, -0.05) is 75.2 Å². The molecule has 0 spiro atoms. The van der Waals surface area contributed by atoms with Gasteiger partial charge in [-0.15, -0.1) is 0 Å². The van der Waals surface area contributed by atoms with Crippen molar-refractivity contribution in [2.75, 3.05) is 13.7 Å². The number of aryl methyl sites for hydroxylation is 2. The number of hydrogen-bond donors (Lipinski definition) is 1. The van der Waals surface area contributed by atoms with Crippen LogP contribution in [-0.4, -0.2) is 18.8 Å². The molecule has 0 bridgehead atoms. The molecular weight excluding hydrogens is 463 g/mol. The predicted octanol–water partition coefficient (Wildman–Crippen LogP) is 8.10. The summed E-state index contributed by atoms with van der Waals surface area (Å²) in [5, 5.41) is 11.2. The van der Waals surface area contributed by atoms with Gasteiger partial charge in [0.1, 0.15) is 5.82 Å². The fraction of sp³-hybridized carbons (Fsp3) is 0.455. The zero-order chi connectivity index (χ0) is 26.6. The van der Waals surface area contributed by atoms with Crippen molar-refractivity contribution in [2.24, 2.45) is 0 Å². The smallest absolute Gasteiger partial charge is 0.127 e. The summed E-state index contributed by atoms with van der Waals surface area (Å²) in [7, 11) is 1.45. The highest BCUT2D eigenvalue weighted by molar-refractivity contribution is 5.68. The van der Waals surface area contributed by atoms with Gasteiger partial charge < -0.3 is 5.11 Å². The normalized spacial score (nSPS) is 15.3. The Bertz CT molecular complexity index is 1220. The molecule has 0 aliphatic heterocycles. The average molecular weight is 505 g/mol. The quantitative estimate of drug-likeness (QED) is 0.172. The molecule has 1 aliphatic rings. The first-order valence-corrected chi connectivity index (χ1v) is 13.7. The molecule has 4 heteroatoms. The molecule has 0 saturated heterocycles. The van der Waals surface area contributed by atoms with Gasteiger partial charge >= 0.3 is 0 Å². The van der Waals surface area contributed by atoms with E-state index in [0.29, 0.717) is 18.6 Å². The van der Waals surface area contributed by atoms with Gasteiger partial charge in [-0.05, 0) is 90.1 Å². The molecule has 3 aromatic rings. The Morgan fingerprint density at radius 2 is 1.54 bits per heavy atom. The summed E-state index contributed by atoms with van der Waals surface area (Å²) in [5.41, 5.74) is 7.69. The summed E-state index contributed by atoms with van der Waals surface area (Å²) < 4.78 is 14.8. The Balaban J connectivity index is 1.66. The molecule has 0 amide bonds. The van der Waals surface area contributed by atoms with Gasteiger partial charge in [0.15, 0.2) is 0 Å². The van der Waals surface area contributed by atoms with Crippen molar-refractivity contribution in [3.8, 4) is 11.1 Å². The van der Waals surface area contributed by atoms with Crippen molar-refractivity contribution >= 4 is 0 Å². The molecule has 0 radical (unpaired) electrons. The van der Waals surface area contributed by atoms with Crippen molar-refractivity contribution < 1.29 is 19.3 Å². The fourth-order valence-electron chi connectivity index (χ4n) is 6.38. The van der Waals surface area contributed by atoms with Crippen LogP contribution in [0, 0.1) is 19.7 Å². The number of rotatable bonds is 10. The predicted molar refractivity (Wildman–Crippen MR) is 148 cm³/mol. The largest absolute Gasteiger partial charge is 0.385 e. The van der Waals surface area contributed by atoms with Crippen LogP contribution in [0.25, 0.3) is 11.1 Å². The Labute approximate surface area is 221 Å². The molecule has 3 nitrogen and oxygen atoms in total. The lowest BCUT2D eigenvalue weighted by Gasteiger charge is -2.35. The highest BCUT2D eigenvalue weighted by atomic mass is 19.1. The van der Waals surface area contributed by atoms with Gasteiger partial charge in [-0.2, -0.15) is 0 Å². The van der Waals surface area contributed by atoms with E-state index in [1.54, 1.807) is 6.07 Å². The van der Waals surface area contributed by atoms with E-state index in [2.05, 4.69) is 69.0 Å². The summed E-state index contributed by atoms with van der Waals surface area (Å²) in [6.45, 7) is 9.07. The third kappa shape index (κ3) is 5.38. The molecule has 4 rings (SSSR count). The maximum Gasteiger partial charge on any atom is 0.127 e. The lowest BCUT2D eigenvalue weighted by Crippen LogP contribution is -2.28. The van der Waals surface area contributed by atoms with E-state index in [4.69, 9.17) is 4.89 Å². The first-order chi connectivity index (χ1) is 17.8. The van der Waals surface area contributed by atoms with Crippen molar-refractivity contribution in [3.63, 3.8) is 0 Å². The summed E-state index contributed by atoms with van der Waals surface area (Å²) in [6, 6.07) is 18.7. The molecular formula is C33H41FO3. The number of benzene rings is 3. The fourth-order valence-corrected chi connectivity index (χ4v) is 6.38. The van der Waals surface area contributed by atoms with Gasteiger partial charge in [0.05, 0.1) is 19.3 Å². The van der Waals surface area contributed by atoms with E-state index in [1.165, 1.54) is 23.8 Å². The van der Waals surface area contributed by atoms with E-state index in [-0.39, 0.29) is 11.2 Å². The van der Waals surface area contributed by atoms with Gasteiger partial charge in [-0.25, -0.2) is 14.2 Å². The van der Waals surface area contributed by atoms with E-state index in [1.807, 2.05) is 12.1 Å². The molecule has 0 atom stereocenters. The number of hydrogen-bond acceptors (Lipinski definition) is 3. The molecule has 0 heterocycles. The topological polar surface area (TPSA) is 38.7 Å². The molecule has 3 aromatic carbocycles. The molecule has 1 fully saturated rings. The molecule has 0 unspecified atom stereocenters. The van der Waals surface area contributed by atoms with E-state index < -0.39 is 5.60 Å². The zero-order valence-corrected chi connectivity index (χ0v) is 23.0. The molecule has 1 saturated carbocycles. The van der Waals surface area contributed by atoms with E-state index >= 15 is 0 Å². The number of aliphatic hydroxyl groups is 1. The van der Waals surface area contributed by atoms with Crippen LogP contribution >= 0.6 is 0 Å². The van der Waals surface area contributed by atoms with Crippen LogP contribution in [0.4, 0.5) is 4.39 Å². The second-order valence-corrected chi connectivity index (χ2v) is 10.6. The molecule has 1 aliphatic carbocycles. The van der Waals surface area contributed by atoms with Gasteiger partial charge in [-0.3, -0.25) is 0 Å². The van der Waals surface area contributed by atoms with Crippen molar-refractivity contribution in [1.29, 1.82) is 0 Å². The van der Waals surface area contributed by atoms with Crippen LogP contribution in [0.15, 0.2) is 54.6 Å². The SMILES string of the molecule is CCC(CC)(c1ccc(-c2ccc(CCOOC)c(F)c2)c(C)c1)c1ccc(C2(O)CCCC2)c(C)c1. The highest BCUT2D eigenvalue weighted by Gasteiger charge is 2.36. The minimum absolute atomic E-state index is 0.124. The van der Waals surface area contributed by atoms with E-state index in [0.717, 1.165) is 60.8 Å². The zero-order valence-electron chi connectivity index (χ0n) is 23.0. The van der Waals surface area contributed by atoms with Crippen molar-refractivity contribution in [2.45, 2.75) is 83.7 Å². The van der Waals surface area contributed by atoms with Crippen LogP contribution in [0.5, 0.6) is 0 Å². The lowest BCUT2D eigenvalue weighted by molar-refractivity contribution is -0.271. The summed E-state index contributed by atoms with van der Waals surface area (Å²) in [5.74, 6) is -0.225. The van der Waals surface area contributed by atoms with Crippen LogP contribution in [0.3, 0.4) is 0 Å². The summed E-state index contributed by atoms with van der Waals surface area (Å²) in [4.78, 5) is 9.50. The maximum atomic E-state index is 14.8. The van der Waals surface area contributed by atoms with Crippen molar-refractivity contribution in [3.05, 3.63) is 93.8 Å². The molecule has 0 aromatic heterocycles. The first-order valence-electron chi connectivity index (χ1n) is 13.7. The minimum Gasteiger partial charge on any atom is -0.385 e. The Hall–Kier alpha value is -2.53. The monoisotopic (exact) mass is 504 g/mol. The first kappa shape index (κ1) is 27.5. The summed E-state index contributed by atoms with van der Waals surface area (Å²) in [6.07, 6.45) is 6.28. The van der Waals surface area contributed by atoms with Gasteiger partial charge in [0, 0.05) is 11.8 Å². The highest BCUT2D eigenvalue weighted by Crippen LogP contribution is 2.44. The maximum absolute atomic E-state index is 14.8. The Morgan fingerprint density at radius 1 is 0.892 bits per heavy atom. The Morgan fingerprint density at radius 3 is 2.11 bits per heavy atom. The van der Waals surface area contributed by atoms with E-state index in [9.17, 15) is 9.50 Å². The summed E-state index contributed by atoms with van der Waals surface area (Å²) >= 11 is 0. The van der Waals surface area contributed by atoms with Crippen LogP contribution in [0.2, 0.25) is 0 Å². The third-order valence-electron chi connectivity index (χ3n) is 8.63. The second-order valence-electron chi connectivity index (χ2n) is 10.6. The van der Waals surface area contributed by atoms with Crippen LogP contribution in [0.1, 0.15) is 85.8 Å². The standard InChI is InChI=1S/C33H41FO3/c1-6-32(7-2,28-13-15-30(24(4)21-28)33(35)17-8-9-18-33)27-12-14-29(23(3)20-27)26-11-10-25(31(34)22-26)16-19-37-36-5/h10-15,20-22,35H,6-9,16-19H2,1-5H3. The van der Waals surface area contributed by atoms with Crippen LogP contribution in [-0.2, 0) is 27.2 Å². The second kappa shape index (κ2) is 11.5. The van der Waals surface area contributed by atoms with Crippen LogP contribution < -0.4 is 0 Å². The average Bonchev–Trinajstić information content (AvgIpc) is 3.33. The molecule has 37 heavy (non-hydrogen) atoms. The van der Waals surface area contributed by atoms with Gasteiger partial charge in [0.25, 0.3) is 0 Å². The minimum atomic E-state index is -0.677. The third-order valence-corrected chi connectivity index (χ3v) is 8.63. The lowest BCUT2D eigenvalue weighted by atomic mass is 9.69. The number of halogens is 1. The molecule has 198 valence electrons. The van der Waals surface area contributed by atoms with Gasteiger partial charge in [0.2, 0.25) is 0 Å².